The number of phenolic OH excluding ortho intramolecular Hbond substituents is 1. The third kappa shape index (κ3) is 4.62. The minimum Gasteiger partial charge on any atom is -0.508 e. The summed E-state index contributed by atoms with van der Waals surface area (Å²) in [6.07, 6.45) is 2.16. The van der Waals surface area contributed by atoms with E-state index < -0.39 is 5.63 Å². The number of carbonyl (C=O) groups excluding carboxylic acids is 1. The highest BCUT2D eigenvalue weighted by atomic mass is 16.5. The number of aromatic hydroxyl groups is 1. The lowest BCUT2D eigenvalue weighted by molar-refractivity contribution is -0.121. The summed E-state index contributed by atoms with van der Waals surface area (Å²) in [5.41, 5.74) is 2.34. The molecule has 0 spiro atoms. The molecule has 1 aliphatic rings. The molecule has 7 nitrogen and oxygen atoms in total. The quantitative estimate of drug-likeness (QED) is 0.569. The summed E-state index contributed by atoms with van der Waals surface area (Å²) >= 11 is 0. The Morgan fingerprint density at radius 2 is 1.94 bits per heavy atom. The van der Waals surface area contributed by atoms with Crippen molar-refractivity contribution in [3.05, 3.63) is 64.0 Å². The van der Waals surface area contributed by atoms with E-state index in [1.807, 2.05) is 37.3 Å². The van der Waals surface area contributed by atoms with E-state index in [1.54, 1.807) is 7.11 Å². The first-order chi connectivity index (χ1) is 15.5. The Bertz CT molecular complexity index is 1180. The van der Waals surface area contributed by atoms with Crippen LogP contribution in [0, 0.1) is 5.92 Å². The van der Waals surface area contributed by atoms with Crippen LogP contribution in [0.15, 0.2) is 51.7 Å². The molecule has 1 saturated heterocycles. The van der Waals surface area contributed by atoms with E-state index in [1.165, 1.54) is 12.1 Å². The fraction of sp³-hybridized carbons (Fsp3) is 0.360. The van der Waals surface area contributed by atoms with Crippen LogP contribution >= 0.6 is 0 Å². The van der Waals surface area contributed by atoms with Gasteiger partial charge in [0.2, 0.25) is 5.91 Å². The number of anilines is 1. The number of amides is 1. The van der Waals surface area contributed by atoms with Crippen LogP contribution in [-0.4, -0.2) is 36.1 Å². The van der Waals surface area contributed by atoms with Crippen LogP contribution in [0.3, 0.4) is 0 Å². The van der Waals surface area contributed by atoms with Crippen LogP contribution in [0.25, 0.3) is 11.0 Å². The van der Waals surface area contributed by atoms with Gasteiger partial charge in [0.05, 0.1) is 12.8 Å². The number of piperidine rings is 1. The number of methoxy groups -OCH3 is 1. The monoisotopic (exact) mass is 436 g/mol. The lowest BCUT2D eigenvalue weighted by Gasteiger charge is -2.31. The van der Waals surface area contributed by atoms with Gasteiger partial charge in [-0.1, -0.05) is 19.1 Å². The predicted octanol–water partition coefficient (Wildman–Crippen LogP) is 3.92. The Morgan fingerprint density at radius 3 is 2.66 bits per heavy atom. The van der Waals surface area contributed by atoms with Crippen molar-refractivity contribution in [1.29, 1.82) is 0 Å². The summed E-state index contributed by atoms with van der Waals surface area (Å²) in [6, 6.07) is 12.3. The van der Waals surface area contributed by atoms with Gasteiger partial charge in [-0.25, -0.2) is 4.79 Å². The molecule has 2 heterocycles. The largest absolute Gasteiger partial charge is 0.508 e. The summed E-state index contributed by atoms with van der Waals surface area (Å²) in [7, 11) is 1.59. The van der Waals surface area contributed by atoms with E-state index in [0.29, 0.717) is 30.0 Å². The van der Waals surface area contributed by atoms with Crippen molar-refractivity contribution in [1.82, 2.24) is 4.90 Å². The Hall–Kier alpha value is -3.32. The summed E-state index contributed by atoms with van der Waals surface area (Å²) in [4.78, 5) is 27.1. The number of hydrogen-bond acceptors (Lipinski definition) is 6. The standard InChI is InChI=1S/C25H28N2O5/c1-3-16-12-19-18(13-24(29)32-23(19)14-21(16)28)15-27-10-8-17(9-11-27)25(30)26-20-6-4-5-7-22(20)31-2/h4-7,12-14,17,28H,3,8-11,15H2,1-2H3,(H,26,30). The molecule has 32 heavy (non-hydrogen) atoms. The third-order valence-electron chi connectivity index (χ3n) is 6.13. The first-order valence-corrected chi connectivity index (χ1v) is 10.9. The second kappa shape index (κ2) is 9.44. The number of rotatable bonds is 6. The summed E-state index contributed by atoms with van der Waals surface area (Å²) in [6.45, 7) is 4.08. The number of likely N-dealkylation sites (tertiary alicyclic amines) is 1. The molecule has 0 atom stereocenters. The van der Waals surface area contributed by atoms with Gasteiger partial charge < -0.3 is 19.6 Å². The second-order valence-corrected chi connectivity index (χ2v) is 8.16. The maximum absolute atomic E-state index is 12.8. The van der Waals surface area contributed by atoms with E-state index in [-0.39, 0.29) is 17.6 Å². The zero-order valence-corrected chi connectivity index (χ0v) is 18.4. The number of nitrogens with one attached hydrogen (secondary N) is 1. The smallest absolute Gasteiger partial charge is 0.336 e. The van der Waals surface area contributed by atoms with Crippen LogP contribution < -0.4 is 15.7 Å². The number of fused-ring (bicyclic) bond motifs is 1. The molecular formula is C25H28N2O5. The van der Waals surface area contributed by atoms with Crippen molar-refractivity contribution in [2.45, 2.75) is 32.7 Å². The SMILES string of the molecule is CCc1cc2c(CN3CCC(C(=O)Nc4ccccc4OC)CC3)cc(=O)oc2cc1O. The molecule has 2 aromatic carbocycles. The fourth-order valence-electron chi connectivity index (χ4n) is 4.30. The lowest BCUT2D eigenvalue weighted by atomic mass is 9.95. The molecule has 2 N–H and O–H groups in total. The van der Waals surface area contributed by atoms with Crippen molar-refractivity contribution in [3.63, 3.8) is 0 Å². The van der Waals surface area contributed by atoms with Crippen LogP contribution in [0.4, 0.5) is 5.69 Å². The molecule has 7 heteroatoms. The molecule has 1 fully saturated rings. The highest BCUT2D eigenvalue weighted by molar-refractivity contribution is 5.94. The summed E-state index contributed by atoms with van der Waals surface area (Å²) in [5.74, 6) is 0.716. The number of para-hydroxylation sites is 2. The van der Waals surface area contributed by atoms with Gasteiger partial charge in [-0.2, -0.15) is 0 Å². The first kappa shape index (κ1) is 21.9. The number of hydrogen-bond donors (Lipinski definition) is 2. The fourth-order valence-corrected chi connectivity index (χ4v) is 4.30. The molecule has 0 radical (unpaired) electrons. The third-order valence-corrected chi connectivity index (χ3v) is 6.13. The Kier molecular flexibility index (Phi) is 6.46. The van der Waals surface area contributed by atoms with Crippen molar-refractivity contribution in [2.24, 2.45) is 5.92 Å². The van der Waals surface area contributed by atoms with Crippen molar-refractivity contribution < 1.29 is 19.1 Å². The number of nitrogens with zero attached hydrogens (tertiary/aromatic N) is 1. The first-order valence-electron chi connectivity index (χ1n) is 10.9. The second-order valence-electron chi connectivity index (χ2n) is 8.16. The summed E-state index contributed by atoms with van der Waals surface area (Å²) in [5, 5.41) is 13.9. The molecule has 0 unspecified atom stereocenters. The normalized spacial score (nSPS) is 15.1. The van der Waals surface area contributed by atoms with E-state index in [2.05, 4.69) is 10.2 Å². The molecule has 0 bridgehead atoms. The van der Waals surface area contributed by atoms with Crippen LogP contribution in [-0.2, 0) is 17.8 Å². The lowest BCUT2D eigenvalue weighted by Crippen LogP contribution is -2.38. The Morgan fingerprint density at radius 1 is 1.19 bits per heavy atom. The van der Waals surface area contributed by atoms with Crippen LogP contribution in [0.5, 0.6) is 11.5 Å². The molecule has 1 aliphatic heterocycles. The van der Waals surface area contributed by atoms with Gasteiger partial charge in [0.15, 0.2) is 0 Å². The van der Waals surface area contributed by atoms with Gasteiger partial charge in [-0.05, 0) is 61.7 Å². The molecule has 168 valence electrons. The van der Waals surface area contributed by atoms with Crippen molar-refractivity contribution in [2.75, 3.05) is 25.5 Å². The molecule has 0 aliphatic carbocycles. The number of benzene rings is 2. The molecule has 0 saturated carbocycles. The van der Waals surface area contributed by atoms with E-state index >= 15 is 0 Å². The number of ether oxygens (including phenoxy) is 1. The molecule has 1 amide bonds. The Labute approximate surface area is 186 Å². The average Bonchev–Trinajstić information content (AvgIpc) is 2.79. The van der Waals surface area contributed by atoms with E-state index in [9.17, 15) is 14.7 Å². The van der Waals surface area contributed by atoms with Gasteiger partial charge in [-0.3, -0.25) is 9.69 Å². The van der Waals surface area contributed by atoms with Gasteiger partial charge in [0, 0.05) is 30.0 Å². The van der Waals surface area contributed by atoms with Crippen molar-refractivity contribution in [3.8, 4) is 11.5 Å². The highest BCUT2D eigenvalue weighted by Gasteiger charge is 2.26. The van der Waals surface area contributed by atoms with Gasteiger partial charge >= 0.3 is 5.63 Å². The zero-order chi connectivity index (χ0) is 22.7. The van der Waals surface area contributed by atoms with Gasteiger partial charge in [0.1, 0.15) is 17.1 Å². The minimum atomic E-state index is -0.428. The van der Waals surface area contributed by atoms with E-state index in [0.717, 1.165) is 42.4 Å². The van der Waals surface area contributed by atoms with Crippen LogP contribution in [0.2, 0.25) is 0 Å². The zero-order valence-electron chi connectivity index (χ0n) is 18.4. The van der Waals surface area contributed by atoms with Gasteiger partial charge in [-0.15, -0.1) is 0 Å². The number of phenols is 1. The van der Waals surface area contributed by atoms with Crippen molar-refractivity contribution >= 4 is 22.6 Å². The molecule has 3 aromatic rings. The topological polar surface area (TPSA) is 92.0 Å². The average molecular weight is 437 g/mol. The molecular weight excluding hydrogens is 408 g/mol. The Balaban J connectivity index is 1.43. The maximum Gasteiger partial charge on any atom is 0.336 e. The summed E-state index contributed by atoms with van der Waals surface area (Å²) < 4.78 is 10.6. The van der Waals surface area contributed by atoms with E-state index in [4.69, 9.17) is 9.15 Å². The minimum absolute atomic E-state index is 0.00279. The number of carbonyl (C=O) groups is 1. The van der Waals surface area contributed by atoms with Crippen LogP contribution in [0.1, 0.15) is 30.9 Å². The highest BCUT2D eigenvalue weighted by Crippen LogP contribution is 2.29. The maximum atomic E-state index is 12.8. The number of aryl methyl sites for hydroxylation is 1. The molecule has 1 aromatic heterocycles. The predicted molar refractivity (Wildman–Crippen MR) is 123 cm³/mol. The molecule has 4 rings (SSSR count). The van der Waals surface area contributed by atoms with Gasteiger partial charge in [0.25, 0.3) is 0 Å².